The summed E-state index contributed by atoms with van der Waals surface area (Å²) in [6.45, 7) is 0. The standard InChI is InChI=1S/C15H10F2N2OS/c16-13(17)14-18-12-7-2-1-6-11(12)15(19-14)21-10-5-3-4-9(20)8-10/h1-8,13,20H. The van der Waals surface area contributed by atoms with Crippen molar-refractivity contribution in [3.63, 3.8) is 0 Å². The average molecular weight is 304 g/mol. The van der Waals surface area contributed by atoms with Crippen LogP contribution < -0.4 is 0 Å². The molecule has 1 N–H and O–H groups in total. The van der Waals surface area contributed by atoms with Crippen LogP contribution in [0.3, 0.4) is 0 Å². The predicted molar refractivity (Wildman–Crippen MR) is 76.7 cm³/mol. The Labute approximate surface area is 123 Å². The minimum atomic E-state index is -2.72. The summed E-state index contributed by atoms with van der Waals surface area (Å²) in [6.07, 6.45) is -2.72. The molecule has 3 rings (SSSR count). The number of phenolic OH excluding ortho intramolecular Hbond substituents is 1. The largest absolute Gasteiger partial charge is 0.508 e. The van der Waals surface area contributed by atoms with Crippen LogP contribution in [0.2, 0.25) is 0 Å². The smallest absolute Gasteiger partial charge is 0.297 e. The summed E-state index contributed by atoms with van der Waals surface area (Å²) in [5.41, 5.74) is 0.477. The highest BCUT2D eigenvalue weighted by molar-refractivity contribution is 7.99. The number of para-hydroxylation sites is 1. The van der Waals surface area contributed by atoms with Crippen LogP contribution in [0.1, 0.15) is 12.2 Å². The fourth-order valence-corrected chi connectivity index (χ4v) is 2.87. The highest BCUT2D eigenvalue weighted by atomic mass is 32.2. The number of aromatic nitrogens is 2. The number of benzene rings is 2. The Hall–Kier alpha value is -2.21. The maximum atomic E-state index is 12.9. The molecule has 1 aromatic heterocycles. The van der Waals surface area contributed by atoms with E-state index in [1.165, 1.54) is 11.8 Å². The molecule has 0 spiro atoms. The van der Waals surface area contributed by atoms with Gasteiger partial charge in [-0.1, -0.05) is 36.0 Å². The van der Waals surface area contributed by atoms with Gasteiger partial charge >= 0.3 is 0 Å². The van der Waals surface area contributed by atoms with Crippen LogP contribution >= 0.6 is 11.8 Å². The Balaban J connectivity index is 2.11. The van der Waals surface area contributed by atoms with E-state index in [0.29, 0.717) is 15.9 Å². The third kappa shape index (κ3) is 2.95. The Kier molecular flexibility index (Phi) is 3.70. The molecular formula is C15H10F2N2OS. The second kappa shape index (κ2) is 5.65. The van der Waals surface area contributed by atoms with Crippen molar-refractivity contribution < 1.29 is 13.9 Å². The van der Waals surface area contributed by atoms with Crippen molar-refractivity contribution >= 4 is 22.7 Å². The quantitative estimate of drug-likeness (QED) is 0.727. The maximum absolute atomic E-state index is 12.9. The summed E-state index contributed by atoms with van der Waals surface area (Å²) in [7, 11) is 0. The van der Waals surface area contributed by atoms with Gasteiger partial charge in [-0.2, -0.15) is 0 Å². The molecule has 21 heavy (non-hydrogen) atoms. The van der Waals surface area contributed by atoms with E-state index in [0.717, 1.165) is 4.90 Å². The number of phenols is 1. The first-order chi connectivity index (χ1) is 10.1. The van der Waals surface area contributed by atoms with Crippen LogP contribution in [-0.4, -0.2) is 15.1 Å². The number of hydrogen-bond donors (Lipinski definition) is 1. The molecule has 0 saturated heterocycles. The second-order valence-corrected chi connectivity index (χ2v) is 5.37. The molecule has 3 nitrogen and oxygen atoms in total. The van der Waals surface area contributed by atoms with Gasteiger partial charge in [-0.3, -0.25) is 0 Å². The lowest BCUT2D eigenvalue weighted by molar-refractivity contribution is 0.140. The van der Waals surface area contributed by atoms with Gasteiger partial charge < -0.3 is 5.11 Å². The van der Waals surface area contributed by atoms with Gasteiger partial charge in [0.15, 0.2) is 5.82 Å². The number of nitrogens with zero attached hydrogens (tertiary/aromatic N) is 2. The number of hydrogen-bond acceptors (Lipinski definition) is 4. The normalized spacial score (nSPS) is 11.2. The van der Waals surface area contributed by atoms with Crippen LogP contribution in [0.25, 0.3) is 10.9 Å². The van der Waals surface area contributed by atoms with E-state index >= 15 is 0 Å². The van der Waals surface area contributed by atoms with Crippen molar-refractivity contribution in [2.45, 2.75) is 16.3 Å². The van der Waals surface area contributed by atoms with Gasteiger partial charge in [-0.25, -0.2) is 18.7 Å². The van der Waals surface area contributed by atoms with E-state index in [4.69, 9.17) is 0 Å². The van der Waals surface area contributed by atoms with Crippen LogP contribution in [0.4, 0.5) is 8.78 Å². The lowest BCUT2D eigenvalue weighted by Crippen LogP contribution is -1.98. The lowest BCUT2D eigenvalue weighted by atomic mass is 10.2. The van der Waals surface area contributed by atoms with Crippen LogP contribution in [0.5, 0.6) is 5.75 Å². The van der Waals surface area contributed by atoms with Crippen molar-refractivity contribution in [3.8, 4) is 5.75 Å². The minimum absolute atomic E-state index is 0.118. The predicted octanol–water partition coefficient (Wildman–Crippen LogP) is 4.42. The molecule has 0 aliphatic heterocycles. The van der Waals surface area contributed by atoms with Crippen molar-refractivity contribution in [3.05, 3.63) is 54.4 Å². The molecule has 0 atom stereocenters. The second-order valence-electron chi connectivity index (χ2n) is 4.30. The summed E-state index contributed by atoms with van der Waals surface area (Å²) in [6, 6.07) is 13.6. The average Bonchev–Trinajstić information content (AvgIpc) is 2.47. The number of rotatable bonds is 3. The fraction of sp³-hybridized carbons (Fsp3) is 0.0667. The van der Waals surface area contributed by atoms with E-state index in [2.05, 4.69) is 9.97 Å². The topological polar surface area (TPSA) is 46.0 Å². The van der Waals surface area contributed by atoms with E-state index in [1.807, 2.05) is 0 Å². The van der Waals surface area contributed by atoms with Gasteiger partial charge in [-0.15, -0.1) is 0 Å². The first-order valence-corrected chi connectivity index (χ1v) is 6.97. The number of fused-ring (bicyclic) bond motifs is 1. The van der Waals surface area contributed by atoms with Crippen LogP contribution in [-0.2, 0) is 0 Å². The van der Waals surface area contributed by atoms with E-state index in [9.17, 15) is 13.9 Å². The van der Waals surface area contributed by atoms with Crippen molar-refractivity contribution in [1.29, 1.82) is 0 Å². The Morgan fingerprint density at radius 3 is 2.57 bits per heavy atom. The molecule has 2 aromatic carbocycles. The molecule has 0 fully saturated rings. The summed E-state index contributed by atoms with van der Waals surface area (Å²) in [5.74, 6) is -0.371. The summed E-state index contributed by atoms with van der Waals surface area (Å²) in [4.78, 5) is 8.54. The van der Waals surface area contributed by atoms with Gasteiger partial charge in [0.25, 0.3) is 6.43 Å². The van der Waals surface area contributed by atoms with E-state index in [1.54, 1.807) is 48.5 Å². The van der Waals surface area contributed by atoms with Gasteiger partial charge in [0.05, 0.1) is 5.52 Å². The Bertz CT molecular complexity index is 795. The van der Waals surface area contributed by atoms with Crippen LogP contribution in [0, 0.1) is 0 Å². The minimum Gasteiger partial charge on any atom is -0.508 e. The van der Waals surface area contributed by atoms with Crippen molar-refractivity contribution in [2.24, 2.45) is 0 Å². The zero-order valence-electron chi connectivity index (χ0n) is 10.7. The van der Waals surface area contributed by atoms with E-state index < -0.39 is 12.2 Å². The zero-order chi connectivity index (χ0) is 14.8. The number of aromatic hydroxyl groups is 1. The molecule has 0 bridgehead atoms. The third-order valence-corrected chi connectivity index (χ3v) is 3.81. The Morgan fingerprint density at radius 1 is 1.00 bits per heavy atom. The summed E-state index contributed by atoms with van der Waals surface area (Å²) < 4.78 is 25.8. The van der Waals surface area contributed by atoms with Gasteiger partial charge in [0.2, 0.25) is 0 Å². The Morgan fingerprint density at radius 2 is 1.81 bits per heavy atom. The van der Waals surface area contributed by atoms with Gasteiger partial charge in [0.1, 0.15) is 10.8 Å². The monoisotopic (exact) mass is 304 g/mol. The first kappa shape index (κ1) is 13.8. The molecule has 0 aliphatic rings. The lowest BCUT2D eigenvalue weighted by Gasteiger charge is -2.08. The molecule has 0 unspecified atom stereocenters. The highest BCUT2D eigenvalue weighted by Gasteiger charge is 2.15. The van der Waals surface area contributed by atoms with Crippen molar-refractivity contribution in [1.82, 2.24) is 9.97 Å². The molecular weight excluding hydrogens is 294 g/mol. The fourth-order valence-electron chi connectivity index (χ4n) is 1.90. The van der Waals surface area contributed by atoms with Crippen LogP contribution in [0.15, 0.2) is 58.5 Å². The SMILES string of the molecule is Oc1cccc(Sc2nc(C(F)F)nc3ccccc23)c1. The first-order valence-electron chi connectivity index (χ1n) is 6.15. The molecule has 0 radical (unpaired) electrons. The molecule has 6 heteroatoms. The molecule has 0 amide bonds. The molecule has 106 valence electrons. The summed E-state index contributed by atoms with van der Waals surface area (Å²) >= 11 is 1.22. The summed E-state index contributed by atoms with van der Waals surface area (Å²) in [5, 5.41) is 10.6. The highest BCUT2D eigenvalue weighted by Crippen LogP contribution is 2.34. The molecule has 0 aliphatic carbocycles. The molecule has 3 aromatic rings. The number of halogens is 2. The van der Waals surface area contributed by atoms with Gasteiger partial charge in [0, 0.05) is 10.3 Å². The van der Waals surface area contributed by atoms with Crippen molar-refractivity contribution in [2.75, 3.05) is 0 Å². The molecule has 0 saturated carbocycles. The van der Waals surface area contributed by atoms with Gasteiger partial charge in [-0.05, 0) is 24.3 Å². The zero-order valence-corrected chi connectivity index (χ0v) is 11.5. The third-order valence-electron chi connectivity index (χ3n) is 2.81. The maximum Gasteiger partial charge on any atom is 0.297 e. The number of alkyl halides is 2. The van der Waals surface area contributed by atoms with E-state index in [-0.39, 0.29) is 5.75 Å². The molecule has 1 heterocycles.